The average molecular weight is 453 g/mol. The van der Waals surface area contributed by atoms with E-state index in [0.29, 0.717) is 46.3 Å². The third kappa shape index (κ3) is 198. The Hall–Kier alpha value is 2.71. The predicted molar refractivity (Wildman–Crippen MR) is 64.0 cm³/mol. The van der Waals surface area contributed by atoms with E-state index in [1.165, 1.54) is 0 Å². The van der Waals surface area contributed by atoms with Crippen molar-refractivity contribution in [2.24, 2.45) is 0 Å². The van der Waals surface area contributed by atoms with Crippen LogP contribution in [0.5, 0.6) is 0 Å². The van der Waals surface area contributed by atoms with Crippen molar-refractivity contribution < 1.29 is 0 Å². The Labute approximate surface area is 115 Å². The van der Waals surface area contributed by atoms with E-state index in [1.54, 1.807) is 0 Å². The molecule has 0 aliphatic rings. The van der Waals surface area contributed by atoms with Crippen molar-refractivity contribution in [1.29, 1.82) is 0 Å². The van der Waals surface area contributed by atoms with Gasteiger partial charge >= 0.3 is 80.8 Å². The molecule has 5 heteroatoms. The molecule has 0 heterocycles. The van der Waals surface area contributed by atoms with E-state index in [0.717, 1.165) is 0 Å². The molecule has 0 aromatic heterocycles. The van der Waals surface area contributed by atoms with Crippen LogP contribution < -0.4 is 0 Å². The number of hydrogen-bond acceptors (Lipinski definition) is 0. The summed E-state index contributed by atoms with van der Waals surface area (Å²) in [5.41, 5.74) is 0. The van der Waals surface area contributed by atoms with E-state index in [4.69, 9.17) is 0 Å². The van der Waals surface area contributed by atoms with Gasteiger partial charge in [-0.25, -0.2) is 0 Å². The summed E-state index contributed by atoms with van der Waals surface area (Å²) in [6.07, 6.45) is 0. The molecule has 0 nitrogen and oxygen atoms in total. The fraction of sp³-hybridized carbons (Fsp3) is 1.00. The van der Waals surface area contributed by atoms with E-state index in [1.807, 2.05) is 0 Å². The summed E-state index contributed by atoms with van der Waals surface area (Å²) in [7, 11) is 0. The van der Waals surface area contributed by atoms with Gasteiger partial charge in [0, 0.05) is 35.2 Å². The average Bonchev–Trinajstić information content (AvgIpc) is 1.70. The molecule has 0 aliphatic carbocycles. The summed E-state index contributed by atoms with van der Waals surface area (Å²) in [5.74, 6) is 13.5. The van der Waals surface area contributed by atoms with Crippen LogP contribution in [0.4, 0.5) is 0 Å². The van der Waals surface area contributed by atoms with Crippen LogP contribution in [-0.2, 0) is 0 Å². The van der Waals surface area contributed by atoms with Gasteiger partial charge in [0.05, 0.1) is 0 Å². The van der Waals surface area contributed by atoms with Gasteiger partial charge in [-0.3, -0.25) is 0 Å². The zero-order valence-electron chi connectivity index (χ0n) is 8.50. The Balaban J connectivity index is -0.0000000150. The second-order valence-corrected chi connectivity index (χ2v) is 7.79. The molecular weight excluding hydrogens is 435 g/mol. The standard InChI is InChI=1S/3C2H6Ge.2Ge/c3*1-3-2;;/h3*1-2H3;;. The van der Waals surface area contributed by atoms with E-state index >= 15 is 0 Å². The first-order chi connectivity index (χ1) is 4.24. The Morgan fingerprint density at radius 2 is 0.455 bits per heavy atom. The largest absolute Gasteiger partial charge is 0 e. The maximum atomic E-state index is 2.25. The summed E-state index contributed by atoms with van der Waals surface area (Å²) >= 11 is 1.50. The molecular formula is C6H18Ge5. The van der Waals surface area contributed by atoms with Crippen LogP contribution >= 0.6 is 0 Å². The van der Waals surface area contributed by atoms with Crippen molar-refractivity contribution in [3.63, 3.8) is 0 Å². The summed E-state index contributed by atoms with van der Waals surface area (Å²) in [6.45, 7) is 0. The quantitative estimate of drug-likeness (QED) is 0.489. The minimum atomic E-state index is 0. The summed E-state index contributed by atoms with van der Waals surface area (Å²) in [4.78, 5) is 0. The summed E-state index contributed by atoms with van der Waals surface area (Å²) in [6, 6.07) is 0. The van der Waals surface area contributed by atoms with Crippen LogP contribution in [-0.4, -0.2) is 81.5 Å². The van der Waals surface area contributed by atoms with Crippen molar-refractivity contribution in [3.05, 3.63) is 0 Å². The zero-order chi connectivity index (χ0) is 8.12. The molecule has 14 radical (unpaired) electrons. The first-order valence-electron chi connectivity index (χ1n) is 3.00. The van der Waals surface area contributed by atoms with Gasteiger partial charge in [-0.05, 0) is 0 Å². The molecule has 0 saturated carbocycles. The van der Waals surface area contributed by atoms with Gasteiger partial charge in [-0.2, -0.15) is 0 Å². The molecule has 0 aliphatic heterocycles. The van der Waals surface area contributed by atoms with Crippen molar-refractivity contribution in [2.75, 3.05) is 0 Å². The number of rotatable bonds is 0. The van der Waals surface area contributed by atoms with Crippen LogP contribution in [0.25, 0.3) is 0 Å². The van der Waals surface area contributed by atoms with E-state index < -0.39 is 0 Å². The maximum Gasteiger partial charge on any atom is 0 e. The Morgan fingerprint density at radius 3 is 0.455 bits per heavy atom. The summed E-state index contributed by atoms with van der Waals surface area (Å²) in [5, 5.41) is 0. The normalized spacial score (nSPS) is 4.91. The van der Waals surface area contributed by atoms with Crippen LogP contribution in [0, 0.1) is 0 Å². The first kappa shape index (κ1) is 29.2. The van der Waals surface area contributed by atoms with Gasteiger partial charge in [-0.1, -0.05) is 0 Å². The predicted octanol–water partition coefficient (Wildman–Crippen LogP) is 1.60. The molecule has 0 spiro atoms. The Kier molecular flexibility index (Phi) is 142. The molecule has 0 amide bonds. The van der Waals surface area contributed by atoms with Gasteiger partial charge in [-0.15, -0.1) is 0 Å². The van der Waals surface area contributed by atoms with Gasteiger partial charge in [0.1, 0.15) is 0 Å². The summed E-state index contributed by atoms with van der Waals surface area (Å²) < 4.78 is 0. The molecule has 0 N–H and O–H groups in total. The molecule has 0 aromatic rings. The zero-order valence-corrected chi connectivity index (χ0v) is 19.0. The van der Waals surface area contributed by atoms with E-state index in [9.17, 15) is 0 Å². The van der Waals surface area contributed by atoms with E-state index in [2.05, 4.69) is 34.5 Å². The van der Waals surface area contributed by atoms with Crippen molar-refractivity contribution in [3.8, 4) is 0 Å². The van der Waals surface area contributed by atoms with E-state index in [-0.39, 0.29) is 35.2 Å². The Bertz CT molecular complexity index is 15.7. The molecule has 0 aromatic carbocycles. The molecule has 62 valence electrons. The maximum absolute atomic E-state index is 2.25. The smallest absolute Gasteiger partial charge is 0 e. The van der Waals surface area contributed by atoms with Gasteiger partial charge in [0.25, 0.3) is 0 Å². The second-order valence-electron chi connectivity index (χ2n) is 1.50. The molecule has 11 heavy (non-hydrogen) atoms. The SMILES string of the molecule is [CH3][Ge][CH3].[CH3][Ge][CH3].[CH3][Ge][CH3].[Ge].[Ge]. The minimum Gasteiger partial charge on any atom is 0 e. The molecule has 0 fully saturated rings. The van der Waals surface area contributed by atoms with Gasteiger partial charge < -0.3 is 0 Å². The molecule has 0 unspecified atom stereocenters. The third-order valence-electron chi connectivity index (χ3n) is 0. The van der Waals surface area contributed by atoms with Gasteiger partial charge in [0.2, 0.25) is 0 Å². The first-order valence-corrected chi connectivity index (χ1v) is 15.6. The van der Waals surface area contributed by atoms with Crippen LogP contribution in [0.1, 0.15) is 0 Å². The van der Waals surface area contributed by atoms with Crippen molar-refractivity contribution >= 4 is 81.5 Å². The Morgan fingerprint density at radius 1 is 0.455 bits per heavy atom. The van der Waals surface area contributed by atoms with Gasteiger partial charge in [0.15, 0.2) is 0 Å². The molecule has 0 rings (SSSR count). The fourth-order valence-electron chi connectivity index (χ4n) is 0. The van der Waals surface area contributed by atoms with Crippen LogP contribution in [0.15, 0.2) is 0 Å². The third-order valence-corrected chi connectivity index (χ3v) is 0. The van der Waals surface area contributed by atoms with Crippen LogP contribution in [0.3, 0.4) is 0 Å². The van der Waals surface area contributed by atoms with Crippen molar-refractivity contribution in [2.45, 2.75) is 34.5 Å². The second kappa shape index (κ2) is 53.4. The molecule has 0 bridgehead atoms. The number of hydrogen-bond donors (Lipinski definition) is 0. The fourth-order valence-corrected chi connectivity index (χ4v) is 0. The monoisotopic (exact) mass is 460 g/mol. The molecule has 0 saturated heterocycles. The molecule has 0 atom stereocenters. The van der Waals surface area contributed by atoms with Crippen LogP contribution in [0.2, 0.25) is 34.5 Å². The van der Waals surface area contributed by atoms with Crippen molar-refractivity contribution in [1.82, 2.24) is 0 Å². The minimum absolute atomic E-state index is 0. The topological polar surface area (TPSA) is 0 Å².